The summed E-state index contributed by atoms with van der Waals surface area (Å²) in [7, 11) is 2.19. The molecule has 2 atom stereocenters. The lowest BCUT2D eigenvalue weighted by molar-refractivity contribution is -0.129. The van der Waals surface area contributed by atoms with Gasteiger partial charge in [0, 0.05) is 31.6 Å². The summed E-state index contributed by atoms with van der Waals surface area (Å²) in [6, 6.07) is 1.19. The second-order valence-corrected chi connectivity index (χ2v) is 6.25. The highest BCUT2D eigenvalue weighted by atomic mass is 16.2. The zero-order valence-electron chi connectivity index (χ0n) is 12.2. The molecule has 18 heavy (non-hydrogen) atoms. The lowest BCUT2D eigenvalue weighted by atomic mass is 10.1. The van der Waals surface area contributed by atoms with E-state index in [9.17, 15) is 4.79 Å². The fourth-order valence-corrected chi connectivity index (χ4v) is 3.40. The molecule has 1 amide bonds. The number of nitrogens with zero attached hydrogens (tertiary/aromatic N) is 2. The van der Waals surface area contributed by atoms with Gasteiger partial charge < -0.3 is 9.80 Å². The van der Waals surface area contributed by atoms with Crippen LogP contribution in [0, 0.1) is 5.92 Å². The smallest absolute Gasteiger partial charge is 0.223 e. The number of rotatable bonds is 5. The molecule has 1 aliphatic heterocycles. The van der Waals surface area contributed by atoms with Crippen molar-refractivity contribution in [3.8, 4) is 0 Å². The molecule has 0 N–H and O–H groups in total. The highest BCUT2D eigenvalue weighted by Gasteiger charge is 2.35. The Kier molecular flexibility index (Phi) is 4.66. The van der Waals surface area contributed by atoms with Crippen LogP contribution in [-0.4, -0.2) is 47.9 Å². The molecule has 2 aliphatic rings. The van der Waals surface area contributed by atoms with Crippen LogP contribution in [0.2, 0.25) is 0 Å². The summed E-state index contributed by atoms with van der Waals surface area (Å²) in [5, 5.41) is 0. The van der Waals surface area contributed by atoms with Gasteiger partial charge in [0.15, 0.2) is 0 Å². The fourth-order valence-electron chi connectivity index (χ4n) is 3.40. The number of hydrogen-bond acceptors (Lipinski definition) is 2. The minimum Gasteiger partial charge on any atom is -0.339 e. The van der Waals surface area contributed by atoms with E-state index in [4.69, 9.17) is 0 Å². The molecule has 0 aromatic heterocycles. The van der Waals surface area contributed by atoms with E-state index >= 15 is 0 Å². The van der Waals surface area contributed by atoms with Crippen LogP contribution in [0.3, 0.4) is 0 Å². The Morgan fingerprint density at radius 1 is 1.39 bits per heavy atom. The van der Waals surface area contributed by atoms with E-state index in [1.165, 1.54) is 32.1 Å². The summed E-state index contributed by atoms with van der Waals surface area (Å²) in [5.41, 5.74) is 0. The topological polar surface area (TPSA) is 23.6 Å². The van der Waals surface area contributed by atoms with E-state index in [1.807, 2.05) is 0 Å². The van der Waals surface area contributed by atoms with Gasteiger partial charge >= 0.3 is 0 Å². The van der Waals surface area contributed by atoms with Crippen LogP contribution in [0.15, 0.2) is 0 Å². The van der Waals surface area contributed by atoms with Gasteiger partial charge in [0.1, 0.15) is 0 Å². The van der Waals surface area contributed by atoms with Crippen LogP contribution in [0.5, 0.6) is 0 Å². The van der Waals surface area contributed by atoms with Gasteiger partial charge in [-0.25, -0.2) is 0 Å². The summed E-state index contributed by atoms with van der Waals surface area (Å²) in [4.78, 5) is 16.7. The van der Waals surface area contributed by atoms with Gasteiger partial charge in [0.25, 0.3) is 0 Å². The average molecular weight is 252 g/mol. The van der Waals surface area contributed by atoms with Crippen LogP contribution >= 0.6 is 0 Å². The minimum atomic E-state index is 0.407. The van der Waals surface area contributed by atoms with Crippen molar-refractivity contribution in [3.63, 3.8) is 0 Å². The van der Waals surface area contributed by atoms with Crippen molar-refractivity contribution in [2.75, 3.05) is 20.1 Å². The lowest BCUT2D eigenvalue weighted by Crippen LogP contribution is -2.37. The standard InChI is InChI=1S/C15H28N2O/c1-4-12(2)16(3)10-13-9-15(18)17(11-13)14-7-5-6-8-14/h12-14H,4-11H2,1-3H3. The van der Waals surface area contributed by atoms with Gasteiger partial charge in [-0.15, -0.1) is 0 Å². The van der Waals surface area contributed by atoms with E-state index < -0.39 is 0 Å². The molecule has 1 saturated heterocycles. The van der Waals surface area contributed by atoms with Crippen LogP contribution in [0.25, 0.3) is 0 Å². The Morgan fingerprint density at radius 3 is 2.67 bits per heavy atom. The van der Waals surface area contributed by atoms with E-state index in [0.717, 1.165) is 19.5 Å². The van der Waals surface area contributed by atoms with Gasteiger partial charge in [-0.05, 0) is 39.2 Å². The first-order valence-electron chi connectivity index (χ1n) is 7.61. The number of likely N-dealkylation sites (tertiary alicyclic amines) is 1. The van der Waals surface area contributed by atoms with Gasteiger partial charge in [-0.1, -0.05) is 19.8 Å². The number of carbonyl (C=O) groups is 1. The lowest BCUT2D eigenvalue weighted by Gasteiger charge is -2.27. The largest absolute Gasteiger partial charge is 0.339 e. The van der Waals surface area contributed by atoms with Crippen LogP contribution in [-0.2, 0) is 4.79 Å². The minimum absolute atomic E-state index is 0.407. The van der Waals surface area contributed by atoms with Gasteiger partial charge in [-0.3, -0.25) is 4.79 Å². The second kappa shape index (κ2) is 6.05. The third-order valence-electron chi connectivity index (χ3n) is 4.89. The normalized spacial score (nSPS) is 27.4. The van der Waals surface area contributed by atoms with Crippen molar-refractivity contribution in [2.24, 2.45) is 5.92 Å². The number of amides is 1. The molecule has 0 radical (unpaired) electrons. The molecular weight excluding hydrogens is 224 g/mol. The first-order valence-corrected chi connectivity index (χ1v) is 7.61. The predicted molar refractivity (Wildman–Crippen MR) is 74.5 cm³/mol. The van der Waals surface area contributed by atoms with Crippen LogP contribution in [0.1, 0.15) is 52.4 Å². The molecular formula is C15H28N2O. The predicted octanol–water partition coefficient (Wildman–Crippen LogP) is 2.51. The summed E-state index contributed by atoms with van der Waals surface area (Å²) in [5.74, 6) is 0.960. The third-order valence-corrected chi connectivity index (χ3v) is 4.89. The van der Waals surface area contributed by atoms with Gasteiger partial charge in [-0.2, -0.15) is 0 Å². The maximum atomic E-state index is 12.1. The molecule has 2 rings (SSSR count). The van der Waals surface area contributed by atoms with Crippen molar-refractivity contribution < 1.29 is 4.79 Å². The Bertz CT molecular complexity index is 286. The molecule has 104 valence electrons. The second-order valence-electron chi connectivity index (χ2n) is 6.25. The zero-order valence-corrected chi connectivity index (χ0v) is 12.2. The maximum Gasteiger partial charge on any atom is 0.223 e. The fraction of sp³-hybridized carbons (Fsp3) is 0.933. The first-order chi connectivity index (χ1) is 8.61. The maximum absolute atomic E-state index is 12.1. The van der Waals surface area contributed by atoms with Crippen LogP contribution in [0.4, 0.5) is 0 Å². The highest BCUT2D eigenvalue weighted by molar-refractivity contribution is 5.79. The number of hydrogen-bond donors (Lipinski definition) is 0. The Labute approximate surface area is 112 Å². The molecule has 0 aromatic carbocycles. The highest BCUT2D eigenvalue weighted by Crippen LogP contribution is 2.29. The zero-order chi connectivity index (χ0) is 13.1. The average Bonchev–Trinajstić information content (AvgIpc) is 2.97. The third kappa shape index (κ3) is 3.05. The van der Waals surface area contributed by atoms with Crippen LogP contribution < -0.4 is 0 Å². The SMILES string of the molecule is CCC(C)N(C)CC1CC(=O)N(C2CCCC2)C1. The van der Waals surface area contributed by atoms with Crippen molar-refractivity contribution in [1.29, 1.82) is 0 Å². The summed E-state index contributed by atoms with van der Waals surface area (Å²) in [6.45, 7) is 6.57. The Hall–Kier alpha value is -0.570. The number of carbonyl (C=O) groups excluding carboxylic acids is 1. The molecule has 0 bridgehead atoms. The van der Waals surface area contributed by atoms with Crippen molar-refractivity contribution in [2.45, 2.75) is 64.5 Å². The molecule has 2 fully saturated rings. The molecule has 3 heteroatoms. The summed E-state index contributed by atoms with van der Waals surface area (Å²) in [6.07, 6.45) is 7.05. The molecule has 2 unspecified atom stereocenters. The van der Waals surface area contributed by atoms with E-state index in [0.29, 0.717) is 23.9 Å². The molecule has 1 saturated carbocycles. The summed E-state index contributed by atoms with van der Waals surface area (Å²) < 4.78 is 0. The quantitative estimate of drug-likeness (QED) is 0.750. The van der Waals surface area contributed by atoms with Crippen molar-refractivity contribution >= 4 is 5.91 Å². The molecule has 0 aromatic rings. The van der Waals surface area contributed by atoms with Gasteiger partial charge in [0.05, 0.1) is 0 Å². The molecule has 3 nitrogen and oxygen atoms in total. The van der Waals surface area contributed by atoms with Crippen molar-refractivity contribution in [1.82, 2.24) is 9.80 Å². The van der Waals surface area contributed by atoms with Gasteiger partial charge in [0.2, 0.25) is 5.91 Å². The van der Waals surface area contributed by atoms with E-state index in [1.54, 1.807) is 0 Å². The first kappa shape index (κ1) is 13.9. The van der Waals surface area contributed by atoms with E-state index in [-0.39, 0.29) is 0 Å². The Balaban J connectivity index is 1.84. The molecule has 0 spiro atoms. The van der Waals surface area contributed by atoms with Crippen molar-refractivity contribution in [3.05, 3.63) is 0 Å². The molecule has 1 heterocycles. The monoisotopic (exact) mass is 252 g/mol. The van der Waals surface area contributed by atoms with E-state index in [2.05, 4.69) is 30.7 Å². The molecule has 1 aliphatic carbocycles. The Morgan fingerprint density at radius 2 is 2.06 bits per heavy atom. The summed E-state index contributed by atoms with van der Waals surface area (Å²) >= 11 is 0.